The fourth-order valence-electron chi connectivity index (χ4n) is 2.62. The Labute approximate surface area is 118 Å². The summed E-state index contributed by atoms with van der Waals surface area (Å²) in [4.78, 5) is 2.56. The van der Waals surface area contributed by atoms with E-state index in [0.717, 1.165) is 25.4 Å². The second kappa shape index (κ2) is 8.39. The lowest BCUT2D eigenvalue weighted by atomic mass is 10.1. The highest BCUT2D eigenvalue weighted by Crippen LogP contribution is 2.17. The Bertz CT molecular complexity index is 342. The van der Waals surface area contributed by atoms with Crippen LogP contribution >= 0.6 is 0 Å². The van der Waals surface area contributed by atoms with Gasteiger partial charge in [0.15, 0.2) is 0 Å². The van der Waals surface area contributed by atoms with Crippen LogP contribution in [0.4, 0.5) is 0 Å². The largest absolute Gasteiger partial charge is 0.468 e. The summed E-state index contributed by atoms with van der Waals surface area (Å²) in [5, 5.41) is 3.15. The average Bonchev–Trinajstić information content (AvgIpc) is 2.78. The fraction of sp³-hybridized carbons (Fsp3) is 0.750. The van der Waals surface area contributed by atoms with E-state index in [-0.39, 0.29) is 0 Å². The van der Waals surface area contributed by atoms with Crippen LogP contribution in [0, 0.1) is 5.92 Å². The molecule has 0 atom stereocenters. The summed E-state index contributed by atoms with van der Waals surface area (Å²) in [6.07, 6.45) is 4.27. The van der Waals surface area contributed by atoms with Crippen molar-refractivity contribution in [2.24, 2.45) is 5.92 Å². The molecule has 0 bridgehead atoms. The third-order valence-corrected chi connectivity index (χ3v) is 3.51. The molecule has 3 nitrogen and oxygen atoms in total. The van der Waals surface area contributed by atoms with Crippen molar-refractivity contribution in [1.29, 1.82) is 0 Å². The fourth-order valence-corrected chi connectivity index (χ4v) is 2.62. The third kappa shape index (κ3) is 5.37. The summed E-state index contributed by atoms with van der Waals surface area (Å²) in [6.45, 7) is 12.0. The summed E-state index contributed by atoms with van der Waals surface area (Å²) in [5.41, 5.74) is 1.23. The molecule has 110 valence electrons. The van der Waals surface area contributed by atoms with Crippen LogP contribution in [0.1, 0.15) is 51.9 Å². The Morgan fingerprint density at radius 1 is 1.26 bits per heavy atom. The second-order valence-corrected chi connectivity index (χ2v) is 5.75. The quantitative estimate of drug-likeness (QED) is 0.739. The molecule has 1 rings (SSSR count). The van der Waals surface area contributed by atoms with E-state index >= 15 is 0 Å². The Morgan fingerprint density at radius 3 is 2.47 bits per heavy atom. The van der Waals surface area contributed by atoms with Crippen LogP contribution in [-0.2, 0) is 13.1 Å². The molecule has 3 heteroatoms. The Hall–Kier alpha value is -0.800. The molecule has 0 saturated carbocycles. The van der Waals surface area contributed by atoms with Gasteiger partial charge in [0.1, 0.15) is 5.76 Å². The van der Waals surface area contributed by atoms with Crippen LogP contribution in [0.15, 0.2) is 16.7 Å². The van der Waals surface area contributed by atoms with E-state index in [4.69, 9.17) is 4.42 Å². The van der Waals surface area contributed by atoms with E-state index in [2.05, 4.69) is 44.0 Å². The Balaban J connectivity index is 2.69. The van der Waals surface area contributed by atoms with Gasteiger partial charge in [-0.2, -0.15) is 0 Å². The molecule has 0 aliphatic heterocycles. The first-order valence-corrected chi connectivity index (χ1v) is 7.55. The zero-order valence-corrected chi connectivity index (χ0v) is 13.2. The number of rotatable bonds is 9. The SMILES string of the molecule is CCC(CC)N(Cc1cc(CNC)co1)CC(C)C. The molecule has 1 N–H and O–H groups in total. The highest BCUT2D eigenvalue weighted by Gasteiger charge is 2.18. The molecule has 0 amide bonds. The smallest absolute Gasteiger partial charge is 0.118 e. The number of nitrogens with zero attached hydrogens (tertiary/aromatic N) is 1. The van der Waals surface area contributed by atoms with Crippen LogP contribution in [0.3, 0.4) is 0 Å². The zero-order chi connectivity index (χ0) is 14.3. The van der Waals surface area contributed by atoms with Gasteiger partial charge in [0, 0.05) is 24.7 Å². The van der Waals surface area contributed by atoms with Crippen molar-refractivity contribution in [2.75, 3.05) is 13.6 Å². The highest BCUT2D eigenvalue weighted by molar-refractivity contribution is 5.12. The standard InChI is InChI=1S/C16H30N2O/c1-6-15(7-2)18(10-13(3)4)11-16-8-14(9-17-5)12-19-16/h8,12-13,15,17H,6-7,9-11H2,1-5H3. The monoisotopic (exact) mass is 266 g/mol. The molecule has 1 aromatic rings. The van der Waals surface area contributed by atoms with E-state index < -0.39 is 0 Å². The van der Waals surface area contributed by atoms with Crippen molar-refractivity contribution in [3.05, 3.63) is 23.7 Å². The summed E-state index contributed by atoms with van der Waals surface area (Å²) in [5.74, 6) is 1.77. The average molecular weight is 266 g/mol. The molecular formula is C16H30N2O. The third-order valence-electron chi connectivity index (χ3n) is 3.51. The summed E-state index contributed by atoms with van der Waals surface area (Å²) < 4.78 is 5.69. The van der Waals surface area contributed by atoms with Crippen molar-refractivity contribution < 1.29 is 4.42 Å². The van der Waals surface area contributed by atoms with Crippen molar-refractivity contribution >= 4 is 0 Å². The molecule has 0 aliphatic rings. The molecule has 0 unspecified atom stereocenters. The molecule has 1 aromatic heterocycles. The van der Waals surface area contributed by atoms with Crippen LogP contribution in [0.5, 0.6) is 0 Å². The first-order valence-electron chi connectivity index (χ1n) is 7.55. The van der Waals surface area contributed by atoms with Gasteiger partial charge in [-0.05, 0) is 31.9 Å². The maximum absolute atomic E-state index is 5.69. The molecule has 0 saturated heterocycles. The van der Waals surface area contributed by atoms with Gasteiger partial charge in [-0.25, -0.2) is 0 Å². The van der Waals surface area contributed by atoms with Crippen molar-refractivity contribution in [1.82, 2.24) is 10.2 Å². The topological polar surface area (TPSA) is 28.4 Å². The van der Waals surface area contributed by atoms with Crippen molar-refractivity contribution in [3.8, 4) is 0 Å². The predicted molar refractivity (Wildman–Crippen MR) is 81.1 cm³/mol. The lowest BCUT2D eigenvalue weighted by Gasteiger charge is -2.31. The summed E-state index contributed by atoms with van der Waals surface area (Å²) in [6, 6.07) is 2.83. The number of hydrogen-bond donors (Lipinski definition) is 1. The van der Waals surface area contributed by atoms with E-state index in [1.807, 2.05) is 13.3 Å². The van der Waals surface area contributed by atoms with Crippen LogP contribution in [0.25, 0.3) is 0 Å². The number of hydrogen-bond acceptors (Lipinski definition) is 3. The number of furan rings is 1. The van der Waals surface area contributed by atoms with Gasteiger partial charge >= 0.3 is 0 Å². The summed E-state index contributed by atoms with van der Waals surface area (Å²) in [7, 11) is 1.96. The lowest BCUT2D eigenvalue weighted by molar-refractivity contribution is 0.146. The van der Waals surface area contributed by atoms with Crippen LogP contribution in [0.2, 0.25) is 0 Å². The van der Waals surface area contributed by atoms with E-state index in [1.165, 1.54) is 18.4 Å². The highest BCUT2D eigenvalue weighted by atomic mass is 16.3. The molecule has 0 aliphatic carbocycles. The second-order valence-electron chi connectivity index (χ2n) is 5.75. The maximum Gasteiger partial charge on any atom is 0.118 e. The van der Waals surface area contributed by atoms with Crippen LogP contribution < -0.4 is 5.32 Å². The lowest BCUT2D eigenvalue weighted by Crippen LogP contribution is -2.36. The maximum atomic E-state index is 5.69. The zero-order valence-electron chi connectivity index (χ0n) is 13.2. The van der Waals surface area contributed by atoms with Gasteiger partial charge in [0.05, 0.1) is 12.8 Å². The molecule has 0 aromatic carbocycles. The first kappa shape index (κ1) is 16.3. The Kier molecular flexibility index (Phi) is 7.17. The molecule has 0 radical (unpaired) electrons. The van der Waals surface area contributed by atoms with Gasteiger partial charge in [-0.3, -0.25) is 4.90 Å². The minimum Gasteiger partial charge on any atom is -0.468 e. The van der Waals surface area contributed by atoms with Gasteiger partial charge < -0.3 is 9.73 Å². The van der Waals surface area contributed by atoms with Gasteiger partial charge in [0.25, 0.3) is 0 Å². The van der Waals surface area contributed by atoms with Gasteiger partial charge in [-0.15, -0.1) is 0 Å². The van der Waals surface area contributed by atoms with Crippen molar-refractivity contribution in [3.63, 3.8) is 0 Å². The van der Waals surface area contributed by atoms with Crippen LogP contribution in [-0.4, -0.2) is 24.5 Å². The van der Waals surface area contributed by atoms with E-state index in [1.54, 1.807) is 0 Å². The normalized spacial score (nSPS) is 12.0. The predicted octanol–water partition coefficient (Wildman–Crippen LogP) is 3.65. The van der Waals surface area contributed by atoms with Gasteiger partial charge in [-0.1, -0.05) is 27.7 Å². The Morgan fingerprint density at radius 2 is 1.95 bits per heavy atom. The molecule has 0 fully saturated rings. The molecule has 0 spiro atoms. The molecule has 19 heavy (non-hydrogen) atoms. The molecular weight excluding hydrogens is 236 g/mol. The van der Waals surface area contributed by atoms with Gasteiger partial charge in [0.2, 0.25) is 0 Å². The summed E-state index contributed by atoms with van der Waals surface area (Å²) >= 11 is 0. The number of nitrogens with one attached hydrogen (secondary N) is 1. The molecule has 1 heterocycles. The minimum absolute atomic E-state index is 0.653. The van der Waals surface area contributed by atoms with E-state index in [9.17, 15) is 0 Å². The minimum atomic E-state index is 0.653. The van der Waals surface area contributed by atoms with E-state index in [0.29, 0.717) is 12.0 Å². The van der Waals surface area contributed by atoms with Crippen molar-refractivity contribution in [2.45, 2.75) is 59.7 Å². The first-order chi connectivity index (χ1) is 9.10.